The van der Waals surface area contributed by atoms with Crippen molar-refractivity contribution in [3.05, 3.63) is 108 Å². The zero-order chi connectivity index (χ0) is 24.2. The molecule has 0 unspecified atom stereocenters. The number of hydrogen-bond donors (Lipinski definition) is 0. The van der Waals surface area contributed by atoms with Gasteiger partial charge in [0.1, 0.15) is 11.2 Å². The zero-order valence-electron chi connectivity index (χ0n) is 18.9. The summed E-state index contributed by atoms with van der Waals surface area (Å²) in [5.41, 5.74) is 7.37. The minimum atomic E-state index is 0.621. The molecule has 0 aliphatic heterocycles. The van der Waals surface area contributed by atoms with Crippen LogP contribution in [0.15, 0.2) is 101 Å². The lowest BCUT2D eigenvalue weighted by molar-refractivity contribution is 0.669. The normalized spacial score (nSPS) is 11.3. The molecule has 7 rings (SSSR count). The predicted molar refractivity (Wildman–Crippen MR) is 147 cm³/mol. The topological polar surface area (TPSA) is 60.7 Å². The molecule has 0 N–H and O–H groups in total. The van der Waals surface area contributed by atoms with Crippen LogP contribution in [0.2, 0.25) is 0 Å². The summed E-state index contributed by atoms with van der Waals surface area (Å²) in [4.78, 5) is 0. The van der Waals surface area contributed by atoms with Gasteiger partial charge in [0, 0.05) is 30.9 Å². The van der Waals surface area contributed by atoms with Crippen molar-refractivity contribution in [2.75, 3.05) is 0 Å². The van der Waals surface area contributed by atoms with Crippen LogP contribution in [0, 0.1) is 22.7 Å². The Morgan fingerprint density at radius 3 is 1.72 bits per heavy atom. The Morgan fingerprint density at radius 2 is 1.00 bits per heavy atom. The first-order chi connectivity index (χ1) is 17.7. The van der Waals surface area contributed by atoms with Crippen molar-refractivity contribution in [2.45, 2.75) is 0 Å². The van der Waals surface area contributed by atoms with Gasteiger partial charge in [-0.25, -0.2) is 0 Å². The van der Waals surface area contributed by atoms with E-state index < -0.39 is 0 Å². The molecule has 0 aliphatic rings. The summed E-state index contributed by atoms with van der Waals surface area (Å²) in [6.45, 7) is 0. The standard InChI is InChI=1S/C32H16N2OS/c33-17-19-4-8-29-25(12-19)26-15-23(6-9-30(26)35-29)21-2-1-3-22(14-21)24-7-11-32-28(16-24)27-13-20(18-34)5-10-31(27)36-32/h1-16H. The summed E-state index contributed by atoms with van der Waals surface area (Å²) in [5.74, 6) is 0. The van der Waals surface area contributed by atoms with E-state index in [9.17, 15) is 10.5 Å². The highest BCUT2D eigenvalue weighted by atomic mass is 32.1. The number of benzene rings is 5. The fraction of sp³-hybridized carbons (Fsp3) is 0. The number of thiophene rings is 1. The molecular weight excluding hydrogens is 460 g/mol. The van der Waals surface area contributed by atoms with Crippen LogP contribution >= 0.6 is 11.3 Å². The van der Waals surface area contributed by atoms with E-state index in [-0.39, 0.29) is 0 Å². The fourth-order valence-electron chi connectivity index (χ4n) is 4.93. The third-order valence-electron chi connectivity index (χ3n) is 6.73. The minimum absolute atomic E-state index is 0.621. The monoisotopic (exact) mass is 476 g/mol. The molecular formula is C32H16N2OS. The molecule has 0 radical (unpaired) electrons. The third-order valence-corrected chi connectivity index (χ3v) is 7.88. The van der Waals surface area contributed by atoms with Gasteiger partial charge >= 0.3 is 0 Å². The average Bonchev–Trinajstić information content (AvgIpc) is 3.49. The van der Waals surface area contributed by atoms with Gasteiger partial charge in [-0.2, -0.15) is 10.5 Å². The molecule has 0 saturated carbocycles. The van der Waals surface area contributed by atoms with Crippen LogP contribution in [-0.4, -0.2) is 0 Å². The first-order valence-electron chi connectivity index (χ1n) is 11.5. The van der Waals surface area contributed by atoms with E-state index in [1.807, 2.05) is 36.4 Å². The first-order valence-corrected chi connectivity index (χ1v) is 12.4. The van der Waals surface area contributed by atoms with E-state index in [4.69, 9.17) is 4.42 Å². The molecule has 2 heterocycles. The quantitative estimate of drug-likeness (QED) is 0.250. The molecule has 7 aromatic rings. The van der Waals surface area contributed by atoms with Crippen molar-refractivity contribution in [1.29, 1.82) is 10.5 Å². The van der Waals surface area contributed by atoms with Crippen LogP contribution in [0.3, 0.4) is 0 Å². The van der Waals surface area contributed by atoms with Gasteiger partial charge in [0.2, 0.25) is 0 Å². The molecule has 0 aliphatic carbocycles. The number of nitrogens with zero attached hydrogens (tertiary/aromatic N) is 2. The number of fused-ring (bicyclic) bond motifs is 6. The third kappa shape index (κ3) is 3.17. The Kier molecular flexibility index (Phi) is 4.45. The zero-order valence-corrected chi connectivity index (χ0v) is 19.8. The molecule has 0 fully saturated rings. The van der Waals surface area contributed by atoms with Gasteiger partial charge < -0.3 is 4.42 Å². The van der Waals surface area contributed by atoms with E-state index >= 15 is 0 Å². The molecule has 0 spiro atoms. The lowest BCUT2D eigenvalue weighted by atomic mass is 9.97. The summed E-state index contributed by atoms with van der Waals surface area (Å²) >= 11 is 1.75. The number of furan rings is 1. The van der Waals surface area contributed by atoms with E-state index in [1.165, 1.54) is 14.8 Å². The van der Waals surface area contributed by atoms with Gasteiger partial charge in [-0.1, -0.05) is 30.3 Å². The molecule has 5 aromatic carbocycles. The van der Waals surface area contributed by atoms with Crippen LogP contribution in [-0.2, 0) is 0 Å². The van der Waals surface area contributed by atoms with Crippen LogP contribution < -0.4 is 0 Å². The van der Waals surface area contributed by atoms with E-state index in [1.54, 1.807) is 17.4 Å². The molecule has 2 aromatic heterocycles. The lowest BCUT2D eigenvalue weighted by Gasteiger charge is -2.07. The average molecular weight is 477 g/mol. The highest BCUT2D eigenvalue weighted by Gasteiger charge is 2.11. The second kappa shape index (κ2) is 7.82. The molecule has 0 saturated heterocycles. The van der Waals surface area contributed by atoms with E-state index in [2.05, 4.69) is 66.7 Å². The maximum Gasteiger partial charge on any atom is 0.135 e. The second-order valence-corrected chi connectivity index (χ2v) is 9.94. The predicted octanol–water partition coefficient (Wildman–Crippen LogP) is 9.03. The molecule has 166 valence electrons. The van der Waals surface area contributed by atoms with Crippen molar-refractivity contribution >= 4 is 53.4 Å². The summed E-state index contributed by atoms with van der Waals surface area (Å²) in [6, 6.07) is 37.2. The molecule has 36 heavy (non-hydrogen) atoms. The molecule has 0 amide bonds. The Bertz CT molecular complexity index is 1940. The Labute approximate surface area is 210 Å². The summed E-state index contributed by atoms with van der Waals surface area (Å²) in [5, 5.41) is 22.9. The minimum Gasteiger partial charge on any atom is -0.456 e. The SMILES string of the molecule is N#Cc1ccc2oc3ccc(-c4cccc(-c5ccc6sc7ccc(C#N)cc7c6c5)c4)cc3c2c1. The fourth-order valence-corrected chi connectivity index (χ4v) is 6.00. The van der Waals surface area contributed by atoms with Crippen LogP contribution in [0.5, 0.6) is 0 Å². The molecule has 0 bridgehead atoms. The van der Waals surface area contributed by atoms with Gasteiger partial charge in [0.25, 0.3) is 0 Å². The van der Waals surface area contributed by atoms with Crippen LogP contribution in [0.25, 0.3) is 64.4 Å². The number of nitriles is 2. The van der Waals surface area contributed by atoms with Gasteiger partial charge in [-0.15, -0.1) is 11.3 Å². The van der Waals surface area contributed by atoms with Crippen molar-refractivity contribution in [1.82, 2.24) is 0 Å². The molecule has 4 heteroatoms. The highest BCUT2D eigenvalue weighted by Crippen LogP contribution is 2.38. The Morgan fingerprint density at radius 1 is 0.500 bits per heavy atom. The van der Waals surface area contributed by atoms with Gasteiger partial charge in [-0.05, 0) is 89.0 Å². The summed E-state index contributed by atoms with van der Waals surface area (Å²) in [6.07, 6.45) is 0. The van der Waals surface area contributed by atoms with Crippen molar-refractivity contribution < 1.29 is 4.42 Å². The van der Waals surface area contributed by atoms with Crippen molar-refractivity contribution in [3.8, 4) is 34.4 Å². The van der Waals surface area contributed by atoms with Gasteiger partial charge in [-0.3, -0.25) is 0 Å². The number of hydrogen-bond acceptors (Lipinski definition) is 4. The van der Waals surface area contributed by atoms with Gasteiger partial charge in [0.15, 0.2) is 0 Å². The van der Waals surface area contributed by atoms with Gasteiger partial charge in [0.05, 0.1) is 23.3 Å². The highest BCUT2D eigenvalue weighted by molar-refractivity contribution is 7.25. The second-order valence-electron chi connectivity index (χ2n) is 8.85. The first kappa shape index (κ1) is 20.5. The van der Waals surface area contributed by atoms with Crippen molar-refractivity contribution in [3.63, 3.8) is 0 Å². The van der Waals surface area contributed by atoms with Crippen molar-refractivity contribution in [2.24, 2.45) is 0 Å². The smallest absolute Gasteiger partial charge is 0.135 e. The largest absolute Gasteiger partial charge is 0.456 e. The summed E-state index contributed by atoms with van der Waals surface area (Å²) in [7, 11) is 0. The summed E-state index contributed by atoms with van der Waals surface area (Å²) < 4.78 is 8.40. The molecule has 0 atom stereocenters. The van der Waals surface area contributed by atoms with E-state index in [0.29, 0.717) is 11.1 Å². The van der Waals surface area contributed by atoms with E-state index in [0.717, 1.165) is 49.6 Å². The lowest BCUT2D eigenvalue weighted by Crippen LogP contribution is -1.82. The van der Waals surface area contributed by atoms with Crippen LogP contribution in [0.1, 0.15) is 11.1 Å². The Balaban J connectivity index is 1.35. The maximum atomic E-state index is 9.35. The van der Waals surface area contributed by atoms with Crippen LogP contribution in [0.4, 0.5) is 0 Å². The maximum absolute atomic E-state index is 9.35. The molecule has 3 nitrogen and oxygen atoms in total. The Hall–Kier alpha value is -4.90. The number of rotatable bonds is 2.